The molecule has 10 heteroatoms. The van der Waals surface area contributed by atoms with Crippen LogP contribution in [0.25, 0.3) is 0 Å². The number of rotatable bonds is 7. The van der Waals surface area contributed by atoms with Crippen LogP contribution in [0.3, 0.4) is 0 Å². The summed E-state index contributed by atoms with van der Waals surface area (Å²) in [5.74, 6) is 1.89. The van der Waals surface area contributed by atoms with Crippen molar-refractivity contribution < 1.29 is 14.3 Å². The summed E-state index contributed by atoms with van der Waals surface area (Å²) in [6.07, 6.45) is 7.56. The Kier molecular flexibility index (Phi) is 6.31. The minimum atomic E-state index is -0.204. The highest BCUT2D eigenvalue weighted by Gasteiger charge is 2.53. The molecule has 1 unspecified atom stereocenters. The Morgan fingerprint density at radius 2 is 2.08 bits per heavy atom. The second-order valence-electron chi connectivity index (χ2n) is 10.8. The van der Waals surface area contributed by atoms with Gasteiger partial charge in [0.25, 0.3) is 5.91 Å². The Hall–Kier alpha value is -3.90. The molecule has 1 saturated heterocycles. The highest BCUT2D eigenvalue weighted by atomic mass is 35.5. The SMILES string of the molecule is COc1c(N2C[C@H]3C[C@H]3C2=O)ncc(C(C)n2cc(C(=O)NC3CC(c4cc(Cl)ccc4C#N)C3)cn2)c1C. The highest BCUT2D eigenvalue weighted by Crippen LogP contribution is 2.49. The summed E-state index contributed by atoms with van der Waals surface area (Å²) >= 11 is 6.13. The van der Waals surface area contributed by atoms with E-state index in [0.29, 0.717) is 40.2 Å². The number of anilines is 1. The van der Waals surface area contributed by atoms with E-state index >= 15 is 0 Å². The van der Waals surface area contributed by atoms with Crippen molar-refractivity contribution in [2.45, 2.75) is 51.1 Å². The first-order valence-corrected chi connectivity index (χ1v) is 13.6. The molecule has 2 amide bonds. The molecule has 0 radical (unpaired) electrons. The van der Waals surface area contributed by atoms with Crippen LogP contribution in [-0.4, -0.2) is 46.3 Å². The number of hydrogen-bond donors (Lipinski definition) is 1. The maximum Gasteiger partial charge on any atom is 0.254 e. The molecule has 1 N–H and O–H groups in total. The Morgan fingerprint density at radius 1 is 1.28 bits per heavy atom. The third kappa shape index (κ3) is 4.43. The van der Waals surface area contributed by atoms with Crippen LogP contribution in [0.5, 0.6) is 5.75 Å². The fourth-order valence-electron chi connectivity index (χ4n) is 5.95. The smallest absolute Gasteiger partial charge is 0.254 e. The molecule has 39 heavy (non-hydrogen) atoms. The van der Waals surface area contributed by atoms with E-state index in [1.165, 1.54) is 0 Å². The van der Waals surface area contributed by atoms with Crippen molar-refractivity contribution in [3.05, 3.63) is 69.6 Å². The van der Waals surface area contributed by atoms with Gasteiger partial charge in [-0.3, -0.25) is 19.2 Å². The Labute approximate surface area is 231 Å². The number of nitriles is 1. The zero-order valence-electron chi connectivity index (χ0n) is 22.0. The van der Waals surface area contributed by atoms with Gasteiger partial charge in [-0.1, -0.05) is 11.6 Å². The van der Waals surface area contributed by atoms with Crippen LogP contribution in [0.15, 0.2) is 36.8 Å². The molecule has 200 valence electrons. The summed E-state index contributed by atoms with van der Waals surface area (Å²) in [6.45, 7) is 4.64. The molecule has 2 aliphatic carbocycles. The molecule has 2 saturated carbocycles. The lowest BCUT2D eigenvalue weighted by atomic mass is 9.74. The number of hydrogen-bond acceptors (Lipinski definition) is 6. The summed E-state index contributed by atoms with van der Waals surface area (Å²) in [5, 5.41) is 17.5. The number of carbonyl (C=O) groups excluding carboxylic acids is 2. The van der Waals surface area contributed by atoms with E-state index in [-0.39, 0.29) is 35.7 Å². The molecule has 0 bridgehead atoms. The highest BCUT2D eigenvalue weighted by molar-refractivity contribution is 6.30. The number of nitrogens with zero attached hydrogens (tertiary/aromatic N) is 5. The van der Waals surface area contributed by atoms with Gasteiger partial charge in [-0.25, -0.2) is 4.98 Å². The van der Waals surface area contributed by atoms with Crippen LogP contribution in [0, 0.1) is 30.1 Å². The molecular formula is C29H29ClN6O3. The summed E-state index contributed by atoms with van der Waals surface area (Å²) in [4.78, 5) is 32.0. The van der Waals surface area contributed by atoms with Crippen molar-refractivity contribution in [3.63, 3.8) is 0 Å². The molecule has 3 aromatic rings. The van der Waals surface area contributed by atoms with E-state index in [2.05, 4.69) is 21.5 Å². The topological polar surface area (TPSA) is 113 Å². The molecule has 3 heterocycles. The number of carbonyl (C=O) groups is 2. The quantitative estimate of drug-likeness (QED) is 0.472. The predicted octanol–water partition coefficient (Wildman–Crippen LogP) is 4.39. The van der Waals surface area contributed by atoms with E-state index in [4.69, 9.17) is 16.3 Å². The predicted molar refractivity (Wildman–Crippen MR) is 145 cm³/mol. The van der Waals surface area contributed by atoms with Gasteiger partial charge in [0.2, 0.25) is 5.91 Å². The fourth-order valence-corrected chi connectivity index (χ4v) is 6.13. The number of fused-ring (bicyclic) bond motifs is 1. The molecule has 1 aliphatic heterocycles. The number of amides is 2. The molecule has 2 aromatic heterocycles. The van der Waals surface area contributed by atoms with Crippen molar-refractivity contribution in [3.8, 4) is 11.8 Å². The Bertz CT molecular complexity index is 1520. The number of nitrogens with one attached hydrogen (secondary N) is 1. The van der Waals surface area contributed by atoms with Crippen LogP contribution in [0.2, 0.25) is 5.02 Å². The van der Waals surface area contributed by atoms with E-state index in [1.54, 1.807) is 47.4 Å². The molecule has 3 atom stereocenters. The lowest BCUT2D eigenvalue weighted by Crippen LogP contribution is -2.43. The van der Waals surface area contributed by atoms with E-state index in [1.807, 2.05) is 19.9 Å². The average molecular weight is 545 g/mol. The van der Waals surface area contributed by atoms with Crippen LogP contribution in [0.1, 0.15) is 70.8 Å². The van der Waals surface area contributed by atoms with Crippen LogP contribution >= 0.6 is 11.6 Å². The Balaban J connectivity index is 1.12. The van der Waals surface area contributed by atoms with E-state index < -0.39 is 0 Å². The molecule has 3 fully saturated rings. The minimum absolute atomic E-state index is 0.0244. The number of pyridine rings is 1. The van der Waals surface area contributed by atoms with Gasteiger partial charge in [-0.05, 0) is 68.7 Å². The zero-order chi connectivity index (χ0) is 27.4. The van der Waals surface area contributed by atoms with Crippen molar-refractivity contribution in [2.24, 2.45) is 11.8 Å². The molecule has 0 spiro atoms. The number of halogens is 1. The molecule has 3 aliphatic rings. The summed E-state index contributed by atoms with van der Waals surface area (Å²) in [6, 6.07) is 7.36. The number of benzene rings is 1. The average Bonchev–Trinajstić information content (AvgIpc) is 3.36. The summed E-state index contributed by atoms with van der Waals surface area (Å²) < 4.78 is 7.44. The summed E-state index contributed by atoms with van der Waals surface area (Å²) in [7, 11) is 1.60. The first-order valence-electron chi connectivity index (χ1n) is 13.2. The van der Waals surface area contributed by atoms with Gasteiger partial charge in [0.1, 0.15) is 0 Å². The van der Waals surface area contributed by atoms with Crippen LogP contribution in [-0.2, 0) is 4.79 Å². The third-order valence-electron chi connectivity index (χ3n) is 8.44. The lowest BCUT2D eigenvalue weighted by Gasteiger charge is -2.36. The fraction of sp³-hybridized carbons (Fsp3) is 0.414. The van der Waals surface area contributed by atoms with Gasteiger partial charge < -0.3 is 10.1 Å². The van der Waals surface area contributed by atoms with Gasteiger partial charge >= 0.3 is 0 Å². The van der Waals surface area contributed by atoms with E-state index in [9.17, 15) is 14.9 Å². The Morgan fingerprint density at radius 3 is 2.77 bits per heavy atom. The van der Waals surface area contributed by atoms with Gasteiger partial charge in [0.05, 0.1) is 36.5 Å². The van der Waals surface area contributed by atoms with Crippen LogP contribution < -0.4 is 15.0 Å². The monoisotopic (exact) mass is 544 g/mol. The van der Waals surface area contributed by atoms with Gasteiger partial charge in [0.15, 0.2) is 11.6 Å². The van der Waals surface area contributed by atoms with Crippen molar-refractivity contribution in [1.82, 2.24) is 20.1 Å². The summed E-state index contributed by atoms with van der Waals surface area (Å²) in [5.41, 5.74) is 3.83. The molecular weight excluding hydrogens is 516 g/mol. The number of piperidine rings is 1. The van der Waals surface area contributed by atoms with Crippen LogP contribution in [0.4, 0.5) is 5.82 Å². The van der Waals surface area contributed by atoms with Crippen molar-refractivity contribution in [2.75, 3.05) is 18.6 Å². The number of aromatic nitrogens is 3. The number of methoxy groups -OCH3 is 1. The zero-order valence-corrected chi connectivity index (χ0v) is 22.8. The first kappa shape index (κ1) is 25.4. The molecule has 1 aromatic carbocycles. The molecule has 6 rings (SSSR count). The second-order valence-corrected chi connectivity index (χ2v) is 11.3. The van der Waals surface area contributed by atoms with Gasteiger partial charge in [-0.15, -0.1) is 0 Å². The molecule has 9 nitrogen and oxygen atoms in total. The van der Waals surface area contributed by atoms with E-state index in [0.717, 1.165) is 36.0 Å². The minimum Gasteiger partial charge on any atom is -0.493 e. The standard InChI is InChI=1S/C29H29ClN6O3/c1-15-25(12-32-27(26(15)39-3)35-13-19-8-24(19)29(35)38)16(2)36-14-20(11-33-36)28(37)34-22-6-18(7-22)23-9-21(30)5-4-17(23)10-31/h4-5,9,11-12,14,16,18-19,22,24H,6-8,13H2,1-3H3,(H,34,37)/t16?,18?,19-,22?,24-/m1/s1. The van der Waals surface area contributed by atoms with Crippen molar-refractivity contribution in [1.29, 1.82) is 5.26 Å². The maximum atomic E-state index is 13.0. The normalized spacial score (nSPS) is 24.0. The largest absolute Gasteiger partial charge is 0.493 e. The first-order chi connectivity index (χ1) is 18.8. The third-order valence-corrected chi connectivity index (χ3v) is 8.68. The second kappa shape index (κ2) is 9.69. The lowest BCUT2D eigenvalue weighted by molar-refractivity contribution is -0.118. The van der Waals surface area contributed by atoms with Gasteiger partial charge in [0, 0.05) is 47.0 Å². The number of ether oxygens (including phenoxy) is 1. The van der Waals surface area contributed by atoms with Gasteiger partial charge in [-0.2, -0.15) is 10.4 Å². The van der Waals surface area contributed by atoms with Crippen molar-refractivity contribution >= 4 is 29.2 Å². The maximum absolute atomic E-state index is 13.0.